The number of methoxy groups -OCH3 is 2. The number of hydrogen-bond acceptors (Lipinski definition) is 6. The number of rotatable bonds is 7. The number of benzene rings is 2. The number of amides is 1. The van der Waals surface area contributed by atoms with Crippen LogP contribution in [0.2, 0.25) is 0 Å². The average Bonchev–Trinajstić information content (AvgIpc) is 2.61. The molecule has 2 aromatic carbocycles. The molecule has 0 fully saturated rings. The van der Waals surface area contributed by atoms with Crippen molar-refractivity contribution in [3.63, 3.8) is 0 Å². The Balaban J connectivity index is 2.03. The van der Waals surface area contributed by atoms with Crippen molar-refractivity contribution in [2.75, 3.05) is 19.5 Å². The van der Waals surface area contributed by atoms with Crippen LogP contribution in [-0.2, 0) is 4.79 Å². The third-order valence-electron chi connectivity index (χ3n) is 3.35. The summed E-state index contributed by atoms with van der Waals surface area (Å²) in [6.45, 7) is 1.76. The molecule has 0 spiro atoms. The standard InChI is InChI=1S/C17H18N2O5S/c1-11(25-16-6-4-13(5-7-16)19(21)22)17(20)18-12-8-14(23-2)10-15(9-12)24-3/h4-11H,1-3H3,(H,18,20)/t11-/m0/s1. The Morgan fingerprint density at radius 2 is 1.68 bits per heavy atom. The number of nitrogens with one attached hydrogen (secondary N) is 1. The Morgan fingerprint density at radius 1 is 1.12 bits per heavy atom. The van der Waals surface area contributed by atoms with Gasteiger partial charge in [0.2, 0.25) is 5.91 Å². The van der Waals surface area contributed by atoms with Gasteiger partial charge in [0, 0.05) is 40.9 Å². The van der Waals surface area contributed by atoms with E-state index in [0.717, 1.165) is 4.90 Å². The molecule has 2 rings (SSSR count). The Morgan fingerprint density at radius 3 is 2.16 bits per heavy atom. The zero-order chi connectivity index (χ0) is 18.4. The van der Waals surface area contributed by atoms with Crippen molar-refractivity contribution in [2.45, 2.75) is 17.1 Å². The molecule has 0 aliphatic carbocycles. The highest BCUT2D eigenvalue weighted by atomic mass is 32.2. The molecule has 0 saturated carbocycles. The van der Waals surface area contributed by atoms with Crippen molar-refractivity contribution in [3.05, 3.63) is 52.6 Å². The monoisotopic (exact) mass is 362 g/mol. The van der Waals surface area contributed by atoms with Gasteiger partial charge in [0.1, 0.15) is 11.5 Å². The lowest BCUT2D eigenvalue weighted by Crippen LogP contribution is -2.22. The number of nitro benzene ring substituents is 1. The number of nitro groups is 1. The van der Waals surface area contributed by atoms with Gasteiger partial charge >= 0.3 is 0 Å². The number of hydrogen-bond donors (Lipinski definition) is 1. The van der Waals surface area contributed by atoms with Crippen LogP contribution < -0.4 is 14.8 Å². The van der Waals surface area contributed by atoms with E-state index in [4.69, 9.17) is 9.47 Å². The lowest BCUT2D eigenvalue weighted by Gasteiger charge is -2.13. The summed E-state index contributed by atoms with van der Waals surface area (Å²) in [6, 6.07) is 11.2. The van der Waals surface area contributed by atoms with E-state index in [0.29, 0.717) is 17.2 Å². The van der Waals surface area contributed by atoms with E-state index in [-0.39, 0.29) is 11.6 Å². The minimum absolute atomic E-state index is 0.0185. The van der Waals surface area contributed by atoms with Crippen LogP contribution in [0.4, 0.5) is 11.4 Å². The summed E-state index contributed by atoms with van der Waals surface area (Å²) in [4.78, 5) is 23.4. The lowest BCUT2D eigenvalue weighted by molar-refractivity contribution is -0.384. The van der Waals surface area contributed by atoms with Gasteiger partial charge in [-0.1, -0.05) is 0 Å². The van der Waals surface area contributed by atoms with E-state index in [1.165, 1.54) is 38.1 Å². The van der Waals surface area contributed by atoms with Crippen LogP contribution in [0.3, 0.4) is 0 Å². The molecule has 0 saturated heterocycles. The molecule has 2 aromatic rings. The Hall–Kier alpha value is -2.74. The third-order valence-corrected chi connectivity index (χ3v) is 4.46. The molecule has 0 aliphatic heterocycles. The van der Waals surface area contributed by atoms with Crippen molar-refractivity contribution in [1.82, 2.24) is 0 Å². The van der Waals surface area contributed by atoms with Gasteiger partial charge in [0.25, 0.3) is 5.69 Å². The predicted octanol–water partition coefficient (Wildman–Crippen LogP) is 3.73. The second-order valence-corrected chi connectivity index (χ2v) is 6.52. The number of carbonyl (C=O) groups is 1. The molecular formula is C17H18N2O5S. The smallest absolute Gasteiger partial charge is 0.269 e. The molecule has 0 heterocycles. The third kappa shape index (κ3) is 5.12. The van der Waals surface area contributed by atoms with Crippen LogP contribution in [0.5, 0.6) is 11.5 Å². The number of ether oxygens (including phenoxy) is 2. The van der Waals surface area contributed by atoms with E-state index in [9.17, 15) is 14.9 Å². The van der Waals surface area contributed by atoms with Gasteiger partial charge in [0.05, 0.1) is 24.4 Å². The fraction of sp³-hybridized carbons (Fsp3) is 0.235. The number of nitrogens with zero attached hydrogens (tertiary/aromatic N) is 1. The van der Waals surface area contributed by atoms with Gasteiger partial charge in [-0.2, -0.15) is 0 Å². The van der Waals surface area contributed by atoms with Crippen LogP contribution in [-0.4, -0.2) is 30.3 Å². The van der Waals surface area contributed by atoms with Gasteiger partial charge in [-0.3, -0.25) is 14.9 Å². The van der Waals surface area contributed by atoms with E-state index in [2.05, 4.69) is 5.32 Å². The summed E-state index contributed by atoms with van der Waals surface area (Å²) in [5, 5.41) is 13.1. The quantitative estimate of drug-likeness (QED) is 0.458. The Labute approximate surface area is 149 Å². The summed E-state index contributed by atoms with van der Waals surface area (Å²) in [5.41, 5.74) is 0.585. The summed E-state index contributed by atoms with van der Waals surface area (Å²) < 4.78 is 10.3. The molecule has 0 unspecified atom stereocenters. The van der Waals surface area contributed by atoms with Crippen LogP contribution in [0, 0.1) is 10.1 Å². The maximum Gasteiger partial charge on any atom is 0.269 e. The van der Waals surface area contributed by atoms with Crippen molar-refractivity contribution < 1.29 is 19.2 Å². The normalized spacial score (nSPS) is 11.5. The van der Waals surface area contributed by atoms with E-state index >= 15 is 0 Å². The van der Waals surface area contributed by atoms with Crippen LogP contribution >= 0.6 is 11.8 Å². The largest absolute Gasteiger partial charge is 0.497 e. The van der Waals surface area contributed by atoms with Crippen molar-refractivity contribution >= 4 is 29.0 Å². The zero-order valence-electron chi connectivity index (χ0n) is 14.0. The Bertz CT molecular complexity index is 742. The maximum absolute atomic E-state index is 12.4. The zero-order valence-corrected chi connectivity index (χ0v) is 14.8. The topological polar surface area (TPSA) is 90.7 Å². The van der Waals surface area contributed by atoms with Crippen molar-refractivity contribution in [2.24, 2.45) is 0 Å². The van der Waals surface area contributed by atoms with Crippen LogP contribution in [0.15, 0.2) is 47.4 Å². The molecule has 1 amide bonds. The van der Waals surface area contributed by atoms with Gasteiger partial charge in [-0.25, -0.2) is 0 Å². The molecule has 1 atom stereocenters. The fourth-order valence-corrected chi connectivity index (χ4v) is 2.89. The molecular weight excluding hydrogens is 344 g/mol. The van der Waals surface area contributed by atoms with Crippen molar-refractivity contribution in [3.8, 4) is 11.5 Å². The van der Waals surface area contributed by atoms with E-state index < -0.39 is 10.2 Å². The highest BCUT2D eigenvalue weighted by Gasteiger charge is 2.16. The lowest BCUT2D eigenvalue weighted by atomic mass is 10.2. The number of anilines is 1. The van der Waals surface area contributed by atoms with Gasteiger partial charge in [-0.15, -0.1) is 11.8 Å². The van der Waals surface area contributed by atoms with Gasteiger partial charge in [0.15, 0.2) is 0 Å². The van der Waals surface area contributed by atoms with Crippen LogP contribution in [0.1, 0.15) is 6.92 Å². The number of thioether (sulfide) groups is 1. The second-order valence-electron chi connectivity index (χ2n) is 5.10. The highest BCUT2D eigenvalue weighted by molar-refractivity contribution is 8.00. The second kappa shape index (κ2) is 8.39. The molecule has 0 aliphatic rings. The SMILES string of the molecule is COc1cc(NC(=O)[C@H](C)Sc2ccc([N+](=O)[O-])cc2)cc(OC)c1. The molecule has 25 heavy (non-hydrogen) atoms. The minimum Gasteiger partial charge on any atom is -0.497 e. The summed E-state index contributed by atoms with van der Waals surface area (Å²) in [7, 11) is 3.07. The molecule has 0 radical (unpaired) electrons. The number of carbonyl (C=O) groups excluding carboxylic acids is 1. The molecule has 0 aromatic heterocycles. The minimum atomic E-state index is -0.458. The molecule has 0 bridgehead atoms. The first kappa shape index (κ1) is 18.6. The molecule has 1 N–H and O–H groups in total. The first-order chi connectivity index (χ1) is 11.9. The Kier molecular flexibility index (Phi) is 6.24. The summed E-state index contributed by atoms with van der Waals surface area (Å²) >= 11 is 1.31. The highest BCUT2D eigenvalue weighted by Crippen LogP contribution is 2.28. The molecule has 8 heteroatoms. The van der Waals surface area contributed by atoms with Crippen molar-refractivity contribution in [1.29, 1.82) is 0 Å². The predicted molar refractivity (Wildman–Crippen MR) is 96.6 cm³/mol. The van der Waals surface area contributed by atoms with E-state index in [1.54, 1.807) is 37.3 Å². The maximum atomic E-state index is 12.4. The first-order valence-electron chi connectivity index (χ1n) is 7.38. The van der Waals surface area contributed by atoms with E-state index in [1.807, 2.05) is 0 Å². The van der Waals surface area contributed by atoms with Gasteiger partial charge < -0.3 is 14.8 Å². The number of non-ortho nitro benzene ring substituents is 1. The molecule has 132 valence electrons. The first-order valence-corrected chi connectivity index (χ1v) is 8.26. The van der Waals surface area contributed by atoms with Crippen LogP contribution in [0.25, 0.3) is 0 Å². The van der Waals surface area contributed by atoms with Gasteiger partial charge in [-0.05, 0) is 19.1 Å². The average molecular weight is 362 g/mol. The summed E-state index contributed by atoms with van der Waals surface area (Å²) in [5.74, 6) is 0.953. The molecule has 7 nitrogen and oxygen atoms in total. The summed E-state index contributed by atoms with van der Waals surface area (Å²) in [6.07, 6.45) is 0. The fourth-order valence-electron chi connectivity index (χ4n) is 2.03.